The van der Waals surface area contributed by atoms with Crippen LogP contribution >= 0.6 is 0 Å². The zero-order chi connectivity index (χ0) is 17.6. The van der Waals surface area contributed by atoms with Crippen LogP contribution in [-0.4, -0.2) is 40.4 Å². The Hall–Kier alpha value is -1.78. The highest BCUT2D eigenvalue weighted by atomic mass is 15.2. The second-order valence-electron chi connectivity index (χ2n) is 7.28. The third kappa shape index (κ3) is 4.86. The highest BCUT2D eigenvalue weighted by Crippen LogP contribution is 2.32. The summed E-state index contributed by atoms with van der Waals surface area (Å²) >= 11 is 0. The Labute approximate surface area is 151 Å². The molecule has 25 heavy (non-hydrogen) atoms. The van der Waals surface area contributed by atoms with E-state index in [-0.39, 0.29) is 0 Å². The van der Waals surface area contributed by atoms with Crippen LogP contribution in [0, 0.1) is 0 Å². The summed E-state index contributed by atoms with van der Waals surface area (Å²) < 4.78 is 0. The number of piperidine rings is 1. The van der Waals surface area contributed by atoms with Crippen LogP contribution in [0.15, 0.2) is 36.5 Å². The number of likely N-dealkylation sites (tertiary alicyclic amines) is 1. The van der Waals surface area contributed by atoms with Gasteiger partial charge in [-0.15, -0.1) is 0 Å². The Morgan fingerprint density at radius 2 is 1.92 bits per heavy atom. The number of hydrogen-bond donors (Lipinski definition) is 0. The van der Waals surface area contributed by atoms with Crippen molar-refractivity contribution in [2.75, 3.05) is 20.6 Å². The second-order valence-corrected chi connectivity index (χ2v) is 7.28. The molecule has 1 aliphatic rings. The largest absolute Gasteiger partial charge is 0.305 e. The Bertz CT molecular complexity index is 666. The third-order valence-corrected chi connectivity index (χ3v) is 4.92. The van der Waals surface area contributed by atoms with Gasteiger partial charge in [0.25, 0.3) is 0 Å². The Morgan fingerprint density at radius 1 is 1.12 bits per heavy atom. The minimum Gasteiger partial charge on any atom is -0.305 e. The standard InChI is InChI=1S/C21H30N4/c1-4-21-22-13-12-19(23-21)16-25-14-6-5-7-20(25)18-10-8-17(9-11-18)15-24(2)3/h8-13,20H,4-7,14-16H2,1-3H3. The van der Waals surface area contributed by atoms with Crippen LogP contribution in [-0.2, 0) is 19.5 Å². The van der Waals surface area contributed by atoms with Gasteiger partial charge in [0.1, 0.15) is 5.82 Å². The summed E-state index contributed by atoms with van der Waals surface area (Å²) in [4.78, 5) is 13.8. The molecule has 1 saturated heterocycles. The number of benzene rings is 1. The van der Waals surface area contributed by atoms with Crippen LogP contribution in [0.1, 0.15) is 54.9 Å². The van der Waals surface area contributed by atoms with E-state index in [2.05, 4.69) is 66.1 Å². The highest BCUT2D eigenvalue weighted by Gasteiger charge is 2.24. The minimum absolute atomic E-state index is 0.502. The molecule has 4 nitrogen and oxygen atoms in total. The fraction of sp³-hybridized carbons (Fsp3) is 0.524. The van der Waals surface area contributed by atoms with Gasteiger partial charge >= 0.3 is 0 Å². The second kappa shape index (κ2) is 8.54. The smallest absolute Gasteiger partial charge is 0.128 e. The minimum atomic E-state index is 0.502. The molecule has 2 aromatic rings. The van der Waals surface area contributed by atoms with Crippen molar-refractivity contribution in [3.63, 3.8) is 0 Å². The van der Waals surface area contributed by atoms with Crippen molar-refractivity contribution < 1.29 is 0 Å². The number of rotatable bonds is 6. The molecule has 4 heteroatoms. The topological polar surface area (TPSA) is 32.3 Å². The molecule has 0 N–H and O–H groups in total. The summed E-state index contributed by atoms with van der Waals surface area (Å²) in [5.41, 5.74) is 3.95. The fourth-order valence-corrected chi connectivity index (χ4v) is 3.68. The lowest BCUT2D eigenvalue weighted by Crippen LogP contribution is -2.33. The van der Waals surface area contributed by atoms with E-state index in [0.29, 0.717) is 6.04 Å². The van der Waals surface area contributed by atoms with Crippen molar-refractivity contribution in [3.8, 4) is 0 Å². The molecule has 1 aromatic carbocycles. The quantitative estimate of drug-likeness (QED) is 0.801. The van der Waals surface area contributed by atoms with Gasteiger partial charge in [-0.25, -0.2) is 9.97 Å². The molecule has 2 heterocycles. The maximum absolute atomic E-state index is 4.70. The van der Waals surface area contributed by atoms with Gasteiger partial charge in [-0.2, -0.15) is 0 Å². The van der Waals surface area contributed by atoms with Crippen LogP contribution in [0.5, 0.6) is 0 Å². The van der Waals surface area contributed by atoms with Crippen molar-refractivity contribution in [1.29, 1.82) is 0 Å². The molecule has 1 unspecified atom stereocenters. The van der Waals surface area contributed by atoms with Crippen molar-refractivity contribution in [2.45, 2.75) is 51.7 Å². The molecule has 0 aliphatic carbocycles. The molecule has 0 spiro atoms. The molecule has 1 aromatic heterocycles. The Kier molecular flexibility index (Phi) is 6.16. The maximum Gasteiger partial charge on any atom is 0.128 e. The molecule has 0 amide bonds. The van der Waals surface area contributed by atoms with E-state index in [1.165, 1.54) is 30.4 Å². The summed E-state index contributed by atoms with van der Waals surface area (Å²) in [6.45, 7) is 5.17. The van der Waals surface area contributed by atoms with E-state index in [9.17, 15) is 0 Å². The van der Waals surface area contributed by atoms with Gasteiger partial charge in [0.2, 0.25) is 0 Å². The Morgan fingerprint density at radius 3 is 2.64 bits per heavy atom. The van der Waals surface area contributed by atoms with Gasteiger partial charge in [0.05, 0.1) is 5.69 Å². The predicted molar refractivity (Wildman–Crippen MR) is 102 cm³/mol. The molecule has 134 valence electrons. The Balaban J connectivity index is 1.74. The normalized spacial score (nSPS) is 18.6. The average molecular weight is 338 g/mol. The third-order valence-electron chi connectivity index (χ3n) is 4.92. The van der Waals surface area contributed by atoms with E-state index in [1.54, 1.807) is 0 Å². The number of hydrogen-bond acceptors (Lipinski definition) is 4. The predicted octanol–water partition coefficient (Wildman–Crippen LogP) is 3.83. The van der Waals surface area contributed by atoms with Gasteiger partial charge < -0.3 is 4.90 Å². The molecule has 1 fully saturated rings. The number of aryl methyl sites for hydroxylation is 1. The summed E-state index contributed by atoms with van der Waals surface area (Å²) in [5, 5.41) is 0. The molecule has 1 aliphatic heterocycles. The van der Waals surface area contributed by atoms with Crippen molar-refractivity contribution in [2.24, 2.45) is 0 Å². The summed E-state index contributed by atoms with van der Waals surface area (Å²) in [5.74, 6) is 0.944. The lowest BCUT2D eigenvalue weighted by molar-refractivity contribution is 0.138. The number of nitrogens with zero attached hydrogens (tertiary/aromatic N) is 4. The van der Waals surface area contributed by atoms with Gasteiger partial charge in [-0.05, 0) is 50.7 Å². The lowest BCUT2D eigenvalue weighted by atomic mass is 9.94. The summed E-state index contributed by atoms with van der Waals surface area (Å²) in [6, 6.07) is 11.8. The SMILES string of the molecule is CCc1nccc(CN2CCCCC2c2ccc(CN(C)C)cc2)n1. The van der Waals surface area contributed by atoms with Gasteiger partial charge in [-0.3, -0.25) is 4.90 Å². The van der Waals surface area contributed by atoms with E-state index in [0.717, 1.165) is 37.6 Å². The molecule has 0 radical (unpaired) electrons. The molecular weight excluding hydrogens is 308 g/mol. The van der Waals surface area contributed by atoms with E-state index >= 15 is 0 Å². The first-order valence-electron chi connectivity index (χ1n) is 9.44. The van der Waals surface area contributed by atoms with Crippen molar-refractivity contribution in [1.82, 2.24) is 19.8 Å². The summed E-state index contributed by atoms with van der Waals surface area (Å²) in [7, 11) is 4.23. The van der Waals surface area contributed by atoms with Crippen LogP contribution in [0.3, 0.4) is 0 Å². The first-order chi connectivity index (χ1) is 12.2. The van der Waals surface area contributed by atoms with Gasteiger partial charge in [0.15, 0.2) is 0 Å². The van der Waals surface area contributed by atoms with Crippen molar-refractivity contribution in [3.05, 3.63) is 59.2 Å². The average Bonchev–Trinajstić information content (AvgIpc) is 2.63. The van der Waals surface area contributed by atoms with Gasteiger partial charge in [0, 0.05) is 31.7 Å². The van der Waals surface area contributed by atoms with Crippen molar-refractivity contribution >= 4 is 0 Å². The summed E-state index contributed by atoms with van der Waals surface area (Å²) in [6.07, 6.45) is 6.62. The monoisotopic (exact) mass is 338 g/mol. The van der Waals surface area contributed by atoms with Crippen LogP contribution in [0.25, 0.3) is 0 Å². The molecule has 3 rings (SSSR count). The molecule has 0 bridgehead atoms. The first-order valence-corrected chi connectivity index (χ1v) is 9.44. The van der Waals surface area contributed by atoms with E-state index < -0.39 is 0 Å². The van der Waals surface area contributed by atoms with Crippen LogP contribution in [0.4, 0.5) is 0 Å². The van der Waals surface area contributed by atoms with Gasteiger partial charge in [-0.1, -0.05) is 37.6 Å². The zero-order valence-electron chi connectivity index (χ0n) is 15.8. The van der Waals surface area contributed by atoms with E-state index in [1.807, 2.05) is 6.20 Å². The zero-order valence-corrected chi connectivity index (χ0v) is 15.8. The molecular formula is C21H30N4. The lowest BCUT2D eigenvalue weighted by Gasteiger charge is -2.36. The first kappa shape index (κ1) is 18.0. The molecule has 1 atom stereocenters. The highest BCUT2D eigenvalue weighted by molar-refractivity contribution is 5.25. The maximum atomic E-state index is 4.70. The number of aromatic nitrogens is 2. The van der Waals surface area contributed by atoms with Crippen LogP contribution < -0.4 is 0 Å². The fourth-order valence-electron chi connectivity index (χ4n) is 3.68. The van der Waals surface area contributed by atoms with E-state index in [4.69, 9.17) is 4.98 Å². The van der Waals surface area contributed by atoms with Crippen LogP contribution in [0.2, 0.25) is 0 Å². The molecule has 0 saturated carbocycles.